The van der Waals surface area contributed by atoms with Crippen LogP contribution in [0.1, 0.15) is 6.92 Å². The van der Waals surface area contributed by atoms with Gasteiger partial charge in [-0.3, -0.25) is 0 Å². The standard InChI is InChI=1S/C7H11NO2.ClH/c1-6(2)7(9)10-5-3-4-8;/h3-4H,1,5,8H2,2H3;1H. The van der Waals surface area contributed by atoms with Crippen molar-refractivity contribution in [2.45, 2.75) is 6.92 Å². The lowest BCUT2D eigenvalue weighted by Crippen LogP contribution is -2.04. The molecule has 0 spiro atoms. The smallest absolute Gasteiger partial charge is 0.333 e. The van der Waals surface area contributed by atoms with E-state index in [9.17, 15) is 4.79 Å². The second-order valence-electron chi connectivity index (χ2n) is 1.81. The molecule has 2 N–H and O–H groups in total. The highest BCUT2D eigenvalue weighted by Gasteiger charge is 1.99. The van der Waals surface area contributed by atoms with Crippen LogP contribution in [-0.4, -0.2) is 12.6 Å². The molecule has 0 rings (SSSR count). The quantitative estimate of drug-likeness (QED) is 0.517. The molecule has 0 amide bonds. The molecule has 0 aliphatic carbocycles. The van der Waals surface area contributed by atoms with Crippen LogP contribution < -0.4 is 5.73 Å². The lowest BCUT2D eigenvalue weighted by Gasteiger charge is -1.98. The van der Waals surface area contributed by atoms with Gasteiger partial charge in [0.05, 0.1) is 0 Å². The molecule has 0 aromatic carbocycles. The van der Waals surface area contributed by atoms with Gasteiger partial charge in [-0.15, -0.1) is 12.4 Å². The Hall–Kier alpha value is -0.960. The number of halogens is 1. The van der Waals surface area contributed by atoms with Crippen molar-refractivity contribution in [2.75, 3.05) is 6.61 Å². The van der Waals surface area contributed by atoms with Crippen LogP contribution in [0, 0.1) is 0 Å². The van der Waals surface area contributed by atoms with Gasteiger partial charge >= 0.3 is 5.97 Å². The van der Waals surface area contributed by atoms with Gasteiger partial charge in [0.15, 0.2) is 0 Å². The van der Waals surface area contributed by atoms with Crippen LogP contribution in [0.2, 0.25) is 0 Å². The zero-order valence-corrected chi connectivity index (χ0v) is 7.19. The van der Waals surface area contributed by atoms with E-state index in [4.69, 9.17) is 5.73 Å². The topological polar surface area (TPSA) is 52.3 Å². The van der Waals surface area contributed by atoms with E-state index < -0.39 is 5.97 Å². The molecule has 64 valence electrons. The number of hydrogen-bond donors (Lipinski definition) is 1. The molecule has 4 heteroatoms. The third-order valence-electron chi connectivity index (χ3n) is 0.795. The summed E-state index contributed by atoms with van der Waals surface area (Å²) in [5.74, 6) is -0.391. The lowest BCUT2D eigenvalue weighted by molar-refractivity contribution is -0.137. The van der Waals surface area contributed by atoms with Gasteiger partial charge in [-0.25, -0.2) is 4.79 Å². The van der Waals surface area contributed by atoms with Crippen LogP contribution in [0.25, 0.3) is 0 Å². The van der Waals surface area contributed by atoms with E-state index in [0.717, 1.165) is 0 Å². The number of esters is 1. The molecule has 0 radical (unpaired) electrons. The Balaban J connectivity index is 0. The number of rotatable bonds is 3. The fourth-order valence-corrected chi connectivity index (χ4v) is 0.303. The van der Waals surface area contributed by atoms with Crippen LogP contribution >= 0.6 is 12.4 Å². The monoisotopic (exact) mass is 177 g/mol. The van der Waals surface area contributed by atoms with Crippen molar-refractivity contribution in [3.8, 4) is 0 Å². The summed E-state index contributed by atoms with van der Waals surface area (Å²) in [7, 11) is 0. The largest absolute Gasteiger partial charge is 0.458 e. The Morgan fingerprint density at radius 3 is 2.64 bits per heavy atom. The third kappa shape index (κ3) is 6.93. The molecule has 0 fully saturated rings. The fraction of sp³-hybridized carbons (Fsp3) is 0.286. The molecule has 3 nitrogen and oxygen atoms in total. The minimum Gasteiger partial charge on any atom is -0.458 e. The second-order valence-corrected chi connectivity index (χ2v) is 1.81. The van der Waals surface area contributed by atoms with Gasteiger partial charge in [-0.05, 0) is 19.2 Å². The third-order valence-corrected chi connectivity index (χ3v) is 0.795. The van der Waals surface area contributed by atoms with Crippen molar-refractivity contribution >= 4 is 18.4 Å². The normalized spacial score (nSPS) is 8.82. The van der Waals surface area contributed by atoms with Crippen LogP contribution in [0.3, 0.4) is 0 Å². The average Bonchev–Trinajstić information content (AvgIpc) is 1.88. The Bertz CT molecular complexity index is 166. The van der Waals surface area contributed by atoms with E-state index in [-0.39, 0.29) is 19.0 Å². The summed E-state index contributed by atoms with van der Waals surface area (Å²) in [6, 6.07) is 0. The first-order chi connectivity index (χ1) is 4.68. The second kappa shape index (κ2) is 7.15. The van der Waals surface area contributed by atoms with Crippen molar-refractivity contribution in [3.63, 3.8) is 0 Å². The van der Waals surface area contributed by atoms with Crippen molar-refractivity contribution in [1.29, 1.82) is 0 Å². The number of ether oxygens (including phenoxy) is 1. The summed E-state index contributed by atoms with van der Waals surface area (Å²) in [5.41, 5.74) is 5.39. The summed E-state index contributed by atoms with van der Waals surface area (Å²) < 4.78 is 4.64. The first-order valence-corrected chi connectivity index (χ1v) is 2.88. The SMILES string of the molecule is C=C(C)C(=O)OCC=CN.Cl. The molecular weight excluding hydrogens is 166 g/mol. The maximum absolute atomic E-state index is 10.6. The minimum atomic E-state index is -0.391. The highest BCUT2D eigenvalue weighted by Crippen LogP contribution is 1.90. The predicted octanol–water partition coefficient (Wildman–Crippen LogP) is 1.000. The zero-order chi connectivity index (χ0) is 7.98. The van der Waals surface area contributed by atoms with Crippen LogP contribution in [0.4, 0.5) is 0 Å². The van der Waals surface area contributed by atoms with Crippen molar-refractivity contribution in [2.24, 2.45) is 5.73 Å². The van der Waals surface area contributed by atoms with Gasteiger partial charge in [0.1, 0.15) is 6.61 Å². The maximum atomic E-state index is 10.6. The summed E-state index contributed by atoms with van der Waals surface area (Å²) in [6.45, 7) is 5.21. The number of carbonyl (C=O) groups excluding carboxylic acids is 1. The van der Waals surface area contributed by atoms with E-state index in [1.165, 1.54) is 6.20 Å². The van der Waals surface area contributed by atoms with Gasteiger partial charge in [0.25, 0.3) is 0 Å². The Morgan fingerprint density at radius 1 is 1.73 bits per heavy atom. The molecule has 0 unspecified atom stereocenters. The number of hydrogen-bond acceptors (Lipinski definition) is 3. The molecule has 0 bridgehead atoms. The Morgan fingerprint density at radius 2 is 2.27 bits per heavy atom. The highest BCUT2D eigenvalue weighted by molar-refractivity contribution is 5.86. The first-order valence-electron chi connectivity index (χ1n) is 2.88. The van der Waals surface area contributed by atoms with E-state index in [1.54, 1.807) is 13.0 Å². The predicted molar refractivity (Wildman–Crippen MR) is 46.3 cm³/mol. The summed E-state index contributed by atoms with van der Waals surface area (Å²) >= 11 is 0. The van der Waals surface area contributed by atoms with E-state index in [2.05, 4.69) is 11.3 Å². The molecule has 0 aliphatic heterocycles. The summed E-state index contributed by atoms with van der Waals surface area (Å²) in [5, 5.41) is 0. The van der Waals surface area contributed by atoms with Crippen LogP contribution in [0.5, 0.6) is 0 Å². The molecular formula is C7H12ClNO2. The number of nitrogens with two attached hydrogens (primary N) is 1. The zero-order valence-electron chi connectivity index (χ0n) is 6.37. The summed E-state index contributed by atoms with van der Waals surface area (Å²) in [6.07, 6.45) is 2.87. The van der Waals surface area contributed by atoms with Gasteiger partial charge in [-0.1, -0.05) is 6.58 Å². The summed E-state index contributed by atoms with van der Waals surface area (Å²) in [4.78, 5) is 10.6. The fourth-order valence-electron chi connectivity index (χ4n) is 0.303. The molecule has 0 aromatic rings. The highest BCUT2D eigenvalue weighted by atomic mass is 35.5. The molecule has 0 aliphatic rings. The molecule has 0 saturated heterocycles. The maximum Gasteiger partial charge on any atom is 0.333 e. The van der Waals surface area contributed by atoms with E-state index in [1.807, 2.05) is 0 Å². The molecule has 0 saturated carbocycles. The van der Waals surface area contributed by atoms with Crippen molar-refractivity contribution in [1.82, 2.24) is 0 Å². The van der Waals surface area contributed by atoms with Gasteiger partial charge < -0.3 is 10.5 Å². The van der Waals surface area contributed by atoms with Gasteiger partial charge in [0, 0.05) is 5.57 Å². The minimum absolute atomic E-state index is 0. The molecule has 11 heavy (non-hydrogen) atoms. The molecule has 0 atom stereocenters. The van der Waals surface area contributed by atoms with Gasteiger partial charge in [-0.2, -0.15) is 0 Å². The van der Waals surface area contributed by atoms with Crippen LogP contribution in [-0.2, 0) is 9.53 Å². The Labute approximate surface area is 72.3 Å². The Kier molecular flexibility index (Phi) is 8.25. The van der Waals surface area contributed by atoms with Crippen molar-refractivity contribution < 1.29 is 9.53 Å². The van der Waals surface area contributed by atoms with Gasteiger partial charge in [0.2, 0.25) is 0 Å². The average molecular weight is 178 g/mol. The first kappa shape index (κ1) is 12.7. The molecule has 0 heterocycles. The number of carbonyl (C=O) groups is 1. The van der Waals surface area contributed by atoms with Crippen molar-refractivity contribution in [3.05, 3.63) is 24.4 Å². The van der Waals surface area contributed by atoms with E-state index >= 15 is 0 Å². The molecule has 0 aromatic heterocycles. The lowest BCUT2D eigenvalue weighted by atomic mass is 10.4. The van der Waals surface area contributed by atoms with E-state index in [0.29, 0.717) is 5.57 Å². The van der Waals surface area contributed by atoms with Crippen LogP contribution in [0.15, 0.2) is 24.4 Å².